The van der Waals surface area contributed by atoms with Crippen molar-refractivity contribution in [2.75, 3.05) is 19.6 Å². The Labute approximate surface area is 183 Å². The second-order valence-electron chi connectivity index (χ2n) is 8.67. The van der Waals surface area contributed by atoms with Crippen LogP contribution in [0, 0.1) is 11.8 Å². The zero-order valence-electron chi connectivity index (χ0n) is 17.9. The molecule has 1 N–H and O–H groups in total. The maximum Gasteiger partial charge on any atom is 0.303 e. The lowest BCUT2D eigenvalue weighted by atomic mass is 9.78. The third kappa shape index (κ3) is 5.40. The van der Waals surface area contributed by atoms with Crippen LogP contribution < -0.4 is 0 Å². The van der Waals surface area contributed by atoms with Gasteiger partial charge >= 0.3 is 5.97 Å². The predicted octanol–water partition coefficient (Wildman–Crippen LogP) is 3.99. The van der Waals surface area contributed by atoms with Crippen LogP contribution in [0.15, 0.2) is 59.6 Å². The highest BCUT2D eigenvalue weighted by Gasteiger charge is 2.34. The summed E-state index contributed by atoms with van der Waals surface area (Å²) in [5.41, 5.74) is 4.74. The minimum absolute atomic E-state index is 0.0764. The van der Waals surface area contributed by atoms with Crippen molar-refractivity contribution in [2.24, 2.45) is 16.8 Å². The molecule has 31 heavy (non-hydrogen) atoms. The maximum atomic E-state index is 12.9. The third-order valence-electron chi connectivity index (χ3n) is 6.62. The summed E-state index contributed by atoms with van der Waals surface area (Å²) in [6.45, 7) is 2.04. The summed E-state index contributed by atoms with van der Waals surface area (Å²) in [4.78, 5) is 31.1. The zero-order chi connectivity index (χ0) is 21.6. The summed E-state index contributed by atoms with van der Waals surface area (Å²) in [5.74, 6) is -0.402. The lowest BCUT2D eigenvalue weighted by Crippen LogP contribution is -2.45. The molecule has 1 fully saturated rings. The molecule has 5 nitrogen and oxygen atoms in total. The zero-order valence-corrected chi connectivity index (χ0v) is 17.9. The number of aliphatic imine (C=N–C) groups is 1. The van der Waals surface area contributed by atoms with E-state index in [1.807, 2.05) is 41.3 Å². The Morgan fingerprint density at radius 2 is 1.81 bits per heavy atom. The summed E-state index contributed by atoms with van der Waals surface area (Å²) in [7, 11) is 0. The first-order valence-electron chi connectivity index (χ1n) is 11.2. The molecule has 0 radical (unpaired) electrons. The van der Waals surface area contributed by atoms with Gasteiger partial charge in [-0.1, -0.05) is 54.6 Å². The van der Waals surface area contributed by atoms with E-state index in [0.29, 0.717) is 19.5 Å². The lowest BCUT2D eigenvalue weighted by molar-refractivity contribution is -0.139. The molecule has 2 aromatic rings. The van der Waals surface area contributed by atoms with Crippen molar-refractivity contribution in [1.29, 1.82) is 0 Å². The minimum atomic E-state index is -0.759. The van der Waals surface area contributed by atoms with Gasteiger partial charge < -0.3 is 10.0 Å². The molecule has 2 aliphatic heterocycles. The number of aryl methyl sites for hydroxylation is 1. The summed E-state index contributed by atoms with van der Waals surface area (Å²) in [6, 6.07) is 18.4. The number of benzene rings is 2. The van der Waals surface area contributed by atoms with Crippen LogP contribution in [0.25, 0.3) is 0 Å². The first kappa shape index (κ1) is 21.3. The van der Waals surface area contributed by atoms with Crippen LogP contribution in [0.4, 0.5) is 0 Å². The molecule has 0 aliphatic carbocycles. The Hall–Kier alpha value is -2.95. The number of carboxylic acids is 1. The largest absolute Gasteiger partial charge is 0.481 e. The van der Waals surface area contributed by atoms with E-state index in [0.717, 1.165) is 37.9 Å². The van der Waals surface area contributed by atoms with Gasteiger partial charge in [0.1, 0.15) is 0 Å². The highest BCUT2D eigenvalue weighted by Crippen LogP contribution is 2.32. The van der Waals surface area contributed by atoms with Crippen molar-refractivity contribution in [2.45, 2.75) is 38.5 Å². The lowest BCUT2D eigenvalue weighted by Gasteiger charge is -2.39. The topological polar surface area (TPSA) is 70.0 Å². The second-order valence-corrected chi connectivity index (χ2v) is 8.67. The molecule has 2 unspecified atom stereocenters. The minimum Gasteiger partial charge on any atom is -0.481 e. The molecule has 2 aromatic carbocycles. The van der Waals surface area contributed by atoms with E-state index in [4.69, 9.17) is 4.99 Å². The third-order valence-corrected chi connectivity index (χ3v) is 6.62. The van der Waals surface area contributed by atoms with E-state index in [2.05, 4.69) is 18.2 Å². The standard InChI is InChI=1S/C26H30N2O3/c29-25(11-10-19-6-2-1-3-7-19)28-15-13-21(17-26(30)31)22(18-28)16-24-23-9-5-4-8-20(23)12-14-27-24/h1-9,21-22H,10-18H2,(H,30,31). The smallest absolute Gasteiger partial charge is 0.303 e. The molecular formula is C26H30N2O3. The molecule has 2 heterocycles. The molecule has 0 aromatic heterocycles. The van der Waals surface area contributed by atoms with Crippen LogP contribution in [0.5, 0.6) is 0 Å². The van der Waals surface area contributed by atoms with Crippen LogP contribution in [0.2, 0.25) is 0 Å². The quantitative estimate of drug-likeness (QED) is 0.739. The van der Waals surface area contributed by atoms with E-state index >= 15 is 0 Å². The monoisotopic (exact) mass is 418 g/mol. The van der Waals surface area contributed by atoms with E-state index in [9.17, 15) is 14.7 Å². The van der Waals surface area contributed by atoms with Crippen molar-refractivity contribution in [3.63, 3.8) is 0 Å². The van der Waals surface area contributed by atoms with Gasteiger partial charge in [0.2, 0.25) is 5.91 Å². The molecule has 1 amide bonds. The van der Waals surface area contributed by atoms with Gasteiger partial charge in [0.25, 0.3) is 0 Å². The van der Waals surface area contributed by atoms with Crippen molar-refractivity contribution in [3.05, 3.63) is 71.3 Å². The van der Waals surface area contributed by atoms with Crippen molar-refractivity contribution < 1.29 is 14.7 Å². The molecule has 0 saturated carbocycles. The van der Waals surface area contributed by atoms with Crippen molar-refractivity contribution >= 4 is 17.6 Å². The average Bonchev–Trinajstić information content (AvgIpc) is 2.79. The molecule has 2 atom stereocenters. The van der Waals surface area contributed by atoms with Crippen molar-refractivity contribution in [1.82, 2.24) is 4.90 Å². The number of hydrogen-bond acceptors (Lipinski definition) is 3. The number of rotatable bonds is 7. The van der Waals surface area contributed by atoms with Gasteiger partial charge in [-0.2, -0.15) is 0 Å². The summed E-state index contributed by atoms with van der Waals surface area (Å²) < 4.78 is 0. The number of nitrogens with zero attached hydrogens (tertiary/aromatic N) is 2. The second kappa shape index (κ2) is 9.90. The maximum absolute atomic E-state index is 12.9. The number of carboxylic acid groups (broad SMARTS) is 1. The fourth-order valence-corrected chi connectivity index (χ4v) is 4.92. The number of carbonyl (C=O) groups is 2. The number of likely N-dealkylation sites (tertiary alicyclic amines) is 1. The molecule has 5 heteroatoms. The molecule has 1 saturated heterocycles. The fraction of sp³-hybridized carbons (Fsp3) is 0.423. The Balaban J connectivity index is 1.44. The predicted molar refractivity (Wildman–Crippen MR) is 121 cm³/mol. The highest BCUT2D eigenvalue weighted by molar-refractivity contribution is 6.02. The summed E-state index contributed by atoms with van der Waals surface area (Å²) in [6.07, 6.45) is 3.81. The van der Waals surface area contributed by atoms with Crippen LogP contribution in [0.1, 0.15) is 42.4 Å². The molecule has 0 bridgehead atoms. The Bertz CT molecular complexity index is 954. The van der Waals surface area contributed by atoms with Gasteiger partial charge in [-0.3, -0.25) is 14.6 Å². The Kier molecular flexibility index (Phi) is 6.80. The SMILES string of the molecule is O=C(O)CC1CCN(C(=O)CCc2ccccc2)CC1CC1=NCCc2ccccc21. The highest BCUT2D eigenvalue weighted by atomic mass is 16.4. The first-order chi connectivity index (χ1) is 15.1. The van der Waals surface area contributed by atoms with Gasteiger partial charge in [-0.05, 0) is 54.2 Å². The van der Waals surface area contributed by atoms with Crippen LogP contribution in [0.3, 0.4) is 0 Å². The summed E-state index contributed by atoms with van der Waals surface area (Å²) in [5, 5.41) is 9.42. The van der Waals surface area contributed by atoms with E-state index in [-0.39, 0.29) is 24.2 Å². The Morgan fingerprint density at radius 3 is 2.61 bits per heavy atom. The number of fused-ring (bicyclic) bond motifs is 1. The summed E-state index contributed by atoms with van der Waals surface area (Å²) >= 11 is 0. The van der Waals surface area contributed by atoms with E-state index < -0.39 is 5.97 Å². The fourth-order valence-electron chi connectivity index (χ4n) is 4.92. The van der Waals surface area contributed by atoms with Crippen LogP contribution in [-0.2, 0) is 22.4 Å². The van der Waals surface area contributed by atoms with Gasteiger partial charge in [-0.15, -0.1) is 0 Å². The van der Waals surface area contributed by atoms with Crippen molar-refractivity contribution in [3.8, 4) is 0 Å². The molecule has 4 rings (SSSR count). The number of hydrogen-bond donors (Lipinski definition) is 1. The van der Waals surface area contributed by atoms with Gasteiger partial charge in [-0.25, -0.2) is 0 Å². The Morgan fingerprint density at radius 1 is 1.03 bits per heavy atom. The van der Waals surface area contributed by atoms with E-state index in [1.165, 1.54) is 16.7 Å². The number of aliphatic carboxylic acids is 1. The van der Waals surface area contributed by atoms with Gasteiger partial charge in [0, 0.05) is 38.2 Å². The number of amides is 1. The van der Waals surface area contributed by atoms with Gasteiger partial charge in [0.15, 0.2) is 0 Å². The molecular weight excluding hydrogens is 388 g/mol. The first-order valence-corrected chi connectivity index (χ1v) is 11.2. The molecule has 0 spiro atoms. The normalized spacial score (nSPS) is 20.6. The average molecular weight is 419 g/mol. The molecule has 162 valence electrons. The van der Waals surface area contributed by atoms with E-state index in [1.54, 1.807) is 0 Å². The molecule has 2 aliphatic rings. The number of carbonyl (C=O) groups excluding carboxylic acids is 1. The van der Waals surface area contributed by atoms with Crippen LogP contribution >= 0.6 is 0 Å². The van der Waals surface area contributed by atoms with Crippen LogP contribution in [-0.4, -0.2) is 47.2 Å². The number of piperidine rings is 1. The van der Waals surface area contributed by atoms with Gasteiger partial charge in [0.05, 0.1) is 0 Å².